The molecule has 0 saturated carbocycles. The van der Waals surface area contributed by atoms with E-state index in [1.165, 1.54) is 0 Å². The molecule has 0 atom stereocenters. The van der Waals surface area contributed by atoms with E-state index in [1.807, 2.05) is 98.1 Å². The van der Waals surface area contributed by atoms with Crippen molar-refractivity contribution >= 4 is 87.2 Å². The summed E-state index contributed by atoms with van der Waals surface area (Å²) < 4.78 is 8.91. The van der Waals surface area contributed by atoms with Gasteiger partial charge in [0.15, 0.2) is 0 Å². The first-order valence-corrected chi connectivity index (χ1v) is 22.2. The lowest BCUT2D eigenvalue weighted by Gasteiger charge is -2.25. The summed E-state index contributed by atoms with van der Waals surface area (Å²) in [7, 11) is 0. The van der Waals surface area contributed by atoms with Crippen LogP contribution >= 0.6 is 0 Å². The highest BCUT2D eigenvalue weighted by atomic mass is 15.1. The zero-order valence-electron chi connectivity index (χ0n) is 35.9. The topological polar surface area (TPSA) is 119 Å². The Hall–Kier alpha value is -9.90. The molecule has 68 heavy (non-hydrogen) atoms. The number of rotatable bonds is 5. The molecule has 0 saturated heterocycles. The Labute approximate surface area is 386 Å². The Kier molecular flexibility index (Phi) is 7.88. The van der Waals surface area contributed by atoms with Crippen molar-refractivity contribution in [1.29, 1.82) is 10.5 Å². The van der Waals surface area contributed by atoms with Crippen LogP contribution in [0.25, 0.3) is 121 Å². The molecule has 0 fully saturated rings. The van der Waals surface area contributed by atoms with Gasteiger partial charge < -0.3 is 18.3 Å². The van der Waals surface area contributed by atoms with Crippen LogP contribution in [-0.2, 0) is 0 Å². The van der Waals surface area contributed by atoms with Crippen LogP contribution in [0.1, 0.15) is 11.1 Å². The monoisotopic (exact) mass is 868 g/mol. The van der Waals surface area contributed by atoms with Gasteiger partial charge in [-0.1, -0.05) is 84.9 Å². The fourth-order valence-corrected chi connectivity index (χ4v) is 10.9. The third kappa shape index (κ3) is 5.03. The number of nitriles is 2. The molecule has 0 N–H and O–H groups in total. The van der Waals surface area contributed by atoms with Gasteiger partial charge in [-0.3, -0.25) is 19.9 Å². The van der Waals surface area contributed by atoms with Gasteiger partial charge in [0.1, 0.15) is 12.1 Å². The summed E-state index contributed by atoms with van der Waals surface area (Å²) in [6.07, 6.45) is 14.9. The summed E-state index contributed by atoms with van der Waals surface area (Å²) >= 11 is 0. The molecule has 8 heterocycles. The van der Waals surface area contributed by atoms with Crippen LogP contribution in [-0.4, -0.2) is 38.2 Å². The average Bonchev–Trinajstić information content (AvgIpc) is 4.13. The molecule has 0 aliphatic heterocycles. The number of benzene rings is 6. The normalized spacial score (nSPS) is 11.8. The number of nitrogens with zero attached hydrogens (tertiary/aromatic N) is 10. The Bertz CT molecular complexity index is 4050. The smallest absolute Gasteiger partial charge is 0.101 e. The standard InChI is InChI=1S/C58H32N10/c59-29-35-17-19-45(57(67-49-15-7-3-11-39(49)43-23-27-63-33-53(43)67)55(35)65-47-13-5-1-9-37(47)41-21-25-61-31-51(41)65)46-20-18-36(30-60)56(66-48-14-6-2-10-38(48)42-22-26-62-32-52(42)66)58(46)68-50-16-8-4-12-40(50)44-24-28-64-34-54(44)68/h1-28,31-34H. The minimum Gasteiger partial charge on any atom is -0.305 e. The maximum Gasteiger partial charge on any atom is 0.101 e. The number of pyridine rings is 4. The predicted octanol–water partition coefficient (Wildman–Crippen LogP) is 13.1. The minimum atomic E-state index is 0.468. The van der Waals surface area contributed by atoms with Crippen LogP contribution in [0.3, 0.4) is 0 Å². The fourth-order valence-electron chi connectivity index (χ4n) is 10.9. The van der Waals surface area contributed by atoms with Crippen molar-refractivity contribution in [3.8, 4) is 46.0 Å². The Morgan fingerprint density at radius 3 is 0.838 bits per heavy atom. The van der Waals surface area contributed by atoms with E-state index in [-0.39, 0.29) is 0 Å². The largest absolute Gasteiger partial charge is 0.305 e. The van der Waals surface area contributed by atoms with E-state index in [4.69, 9.17) is 9.97 Å². The summed E-state index contributed by atoms with van der Waals surface area (Å²) in [5, 5.41) is 31.0. The van der Waals surface area contributed by atoms with E-state index in [0.717, 1.165) is 110 Å². The Morgan fingerprint density at radius 1 is 0.279 bits per heavy atom. The van der Waals surface area contributed by atoms with Crippen molar-refractivity contribution in [2.45, 2.75) is 0 Å². The van der Waals surface area contributed by atoms with Gasteiger partial charge in [0.25, 0.3) is 0 Å². The van der Waals surface area contributed by atoms with Crippen molar-refractivity contribution < 1.29 is 0 Å². The average molecular weight is 869 g/mol. The Morgan fingerprint density at radius 2 is 0.544 bits per heavy atom. The molecule has 0 unspecified atom stereocenters. The summed E-state index contributed by atoms with van der Waals surface area (Å²) in [6.45, 7) is 0. The van der Waals surface area contributed by atoms with Crippen molar-refractivity contribution in [2.24, 2.45) is 0 Å². The number of hydrogen-bond acceptors (Lipinski definition) is 6. The van der Waals surface area contributed by atoms with E-state index in [2.05, 4.69) is 137 Å². The first-order valence-electron chi connectivity index (χ1n) is 22.2. The van der Waals surface area contributed by atoms with Crippen LogP contribution in [0.15, 0.2) is 195 Å². The molecule has 14 aromatic rings. The SMILES string of the molecule is N#Cc1ccc(-c2ccc(C#N)c(-n3c4ccccc4c4ccncc43)c2-n2c3ccccc3c3ccncc32)c(-n2c3ccccc3c3ccncc32)c1-n1c2ccccc2c2ccncc21. The predicted molar refractivity (Wildman–Crippen MR) is 270 cm³/mol. The number of para-hydroxylation sites is 4. The van der Waals surface area contributed by atoms with Crippen LogP contribution in [0.2, 0.25) is 0 Å². The second kappa shape index (κ2) is 14.3. The molecule has 0 bridgehead atoms. The quantitative estimate of drug-likeness (QED) is 0.170. The molecule has 0 aliphatic carbocycles. The third-order valence-corrected chi connectivity index (χ3v) is 13.6. The van der Waals surface area contributed by atoms with E-state index < -0.39 is 0 Å². The third-order valence-electron chi connectivity index (χ3n) is 13.6. The fraction of sp³-hybridized carbons (Fsp3) is 0. The molecule has 6 aromatic carbocycles. The van der Waals surface area contributed by atoms with Crippen LogP contribution < -0.4 is 0 Å². The highest BCUT2D eigenvalue weighted by molar-refractivity contribution is 6.15. The molecule has 14 rings (SSSR count). The van der Waals surface area contributed by atoms with Gasteiger partial charge in [0.2, 0.25) is 0 Å². The van der Waals surface area contributed by atoms with Gasteiger partial charge >= 0.3 is 0 Å². The first kappa shape index (κ1) is 37.5. The maximum atomic E-state index is 11.4. The molecular formula is C58H32N10. The molecular weight excluding hydrogens is 837 g/mol. The zero-order chi connectivity index (χ0) is 45.0. The highest BCUT2D eigenvalue weighted by Gasteiger charge is 2.30. The van der Waals surface area contributed by atoms with Crippen molar-refractivity contribution in [1.82, 2.24) is 38.2 Å². The number of aromatic nitrogens is 8. The Balaban J connectivity index is 1.26. The summed E-state index contributed by atoms with van der Waals surface area (Å²) in [4.78, 5) is 18.8. The summed E-state index contributed by atoms with van der Waals surface area (Å²) in [6, 6.07) is 54.8. The van der Waals surface area contributed by atoms with E-state index in [9.17, 15) is 10.5 Å². The van der Waals surface area contributed by atoms with Crippen molar-refractivity contribution in [3.63, 3.8) is 0 Å². The number of fused-ring (bicyclic) bond motifs is 12. The zero-order valence-corrected chi connectivity index (χ0v) is 35.9. The van der Waals surface area contributed by atoms with Gasteiger partial charge in [-0.15, -0.1) is 0 Å². The van der Waals surface area contributed by atoms with Gasteiger partial charge in [0.05, 0.1) is 103 Å². The molecule has 0 radical (unpaired) electrons. The van der Waals surface area contributed by atoms with Crippen molar-refractivity contribution in [2.75, 3.05) is 0 Å². The lowest BCUT2D eigenvalue weighted by molar-refractivity contribution is 1.07. The van der Waals surface area contributed by atoms with E-state index >= 15 is 0 Å². The van der Waals surface area contributed by atoms with Gasteiger partial charge in [-0.05, 0) is 60.7 Å². The molecule has 10 heteroatoms. The molecule has 0 amide bonds. The van der Waals surface area contributed by atoms with Gasteiger partial charge in [-0.25, -0.2) is 0 Å². The summed E-state index contributed by atoms with van der Waals surface area (Å²) in [5.74, 6) is 0. The molecule has 314 valence electrons. The van der Waals surface area contributed by atoms with Crippen LogP contribution in [0.4, 0.5) is 0 Å². The van der Waals surface area contributed by atoms with E-state index in [1.54, 1.807) is 0 Å². The molecule has 10 nitrogen and oxygen atoms in total. The van der Waals surface area contributed by atoms with E-state index in [0.29, 0.717) is 22.5 Å². The molecule has 0 spiro atoms. The molecule has 8 aromatic heterocycles. The second-order valence-electron chi connectivity index (χ2n) is 16.9. The first-order chi connectivity index (χ1) is 33.7. The maximum absolute atomic E-state index is 11.4. The van der Waals surface area contributed by atoms with Gasteiger partial charge in [0, 0.05) is 79.0 Å². The lowest BCUT2D eigenvalue weighted by atomic mass is 9.94. The number of hydrogen-bond donors (Lipinski definition) is 0. The van der Waals surface area contributed by atoms with Crippen LogP contribution in [0.5, 0.6) is 0 Å². The van der Waals surface area contributed by atoms with Crippen LogP contribution in [0, 0.1) is 22.7 Å². The van der Waals surface area contributed by atoms with Gasteiger partial charge in [-0.2, -0.15) is 10.5 Å². The summed E-state index contributed by atoms with van der Waals surface area (Å²) in [5.41, 5.74) is 12.6. The highest BCUT2D eigenvalue weighted by Crippen LogP contribution is 2.48. The second-order valence-corrected chi connectivity index (χ2v) is 16.9. The lowest BCUT2D eigenvalue weighted by Crippen LogP contribution is -2.11. The molecule has 0 aliphatic rings. The van der Waals surface area contributed by atoms with Crippen molar-refractivity contribution in [3.05, 3.63) is 206 Å². The minimum absolute atomic E-state index is 0.468.